The number of hydroxylamine groups is 2. The number of benzene rings is 1. The molecule has 0 aromatic heterocycles. The second kappa shape index (κ2) is 7.85. The SMILES string of the molecule is CNC(=O)N1Cc2ccccc2C1C1CCN(OC(=O)C2CNC3(CCC3)C2)CC1. The predicted octanol–water partition coefficient (Wildman–Crippen LogP) is 2.59. The average Bonchev–Trinajstić information content (AvgIpc) is 3.36. The molecule has 1 saturated carbocycles. The third-order valence-electron chi connectivity index (χ3n) is 7.69. The van der Waals surface area contributed by atoms with Gasteiger partial charge in [-0.2, -0.15) is 0 Å². The van der Waals surface area contributed by atoms with E-state index in [0.717, 1.165) is 38.9 Å². The number of hydrogen-bond donors (Lipinski definition) is 2. The van der Waals surface area contributed by atoms with Gasteiger partial charge in [0.15, 0.2) is 0 Å². The second-order valence-corrected chi connectivity index (χ2v) is 9.42. The van der Waals surface area contributed by atoms with Crippen LogP contribution in [0, 0.1) is 11.8 Å². The summed E-state index contributed by atoms with van der Waals surface area (Å²) in [6, 6.07) is 8.43. The molecule has 5 rings (SSSR count). The van der Waals surface area contributed by atoms with Crippen LogP contribution in [0.3, 0.4) is 0 Å². The van der Waals surface area contributed by atoms with Gasteiger partial charge in [0.2, 0.25) is 0 Å². The van der Waals surface area contributed by atoms with Crippen molar-refractivity contribution in [3.8, 4) is 0 Å². The molecule has 7 nitrogen and oxygen atoms in total. The smallest absolute Gasteiger partial charge is 0.329 e. The molecule has 2 atom stereocenters. The van der Waals surface area contributed by atoms with Gasteiger partial charge in [0.05, 0.1) is 12.0 Å². The van der Waals surface area contributed by atoms with Gasteiger partial charge in [0, 0.05) is 38.8 Å². The number of amides is 2. The Hall–Kier alpha value is -2.12. The van der Waals surface area contributed by atoms with Crippen LogP contribution in [0.1, 0.15) is 55.7 Å². The minimum Gasteiger partial charge on any atom is -0.368 e. The first-order valence-electron chi connectivity index (χ1n) is 11.4. The molecule has 2 saturated heterocycles. The molecule has 30 heavy (non-hydrogen) atoms. The Labute approximate surface area is 178 Å². The van der Waals surface area contributed by atoms with Crippen LogP contribution < -0.4 is 10.6 Å². The van der Waals surface area contributed by atoms with Crippen molar-refractivity contribution in [3.05, 3.63) is 35.4 Å². The van der Waals surface area contributed by atoms with E-state index in [4.69, 9.17) is 4.84 Å². The molecule has 1 aliphatic carbocycles. The first kappa shape index (κ1) is 19.8. The number of nitrogens with one attached hydrogen (secondary N) is 2. The normalized spacial score (nSPS) is 28.2. The molecule has 3 heterocycles. The largest absolute Gasteiger partial charge is 0.368 e. The number of nitrogens with zero attached hydrogens (tertiary/aromatic N) is 2. The van der Waals surface area contributed by atoms with E-state index in [1.165, 1.54) is 30.4 Å². The Kier molecular flexibility index (Phi) is 5.19. The summed E-state index contributed by atoms with van der Waals surface area (Å²) in [5, 5.41) is 8.19. The zero-order chi connectivity index (χ0) is 20.7. The standard InChI is InChI=1S/C23H32N4O3/c1-24-22(29)27-15-17-5-2-3-6-19(17)20(27)16-7-11-26(12-8-16)30-21(28)18-13-23(25-14-18)9-4-10-23/h2-3,5-6,16,18,20,25H,4,7-15H2,1H3,(H,24,29). The molecule has 1 aromatic carbocycles. The highest BCUT2D eigenvalue weighted by atomic mass is 16.7. The molecule has 2 unspecified atom stereocenters. The van der Waals surface area contributed by atoms with Crippen molar-refractivity contribution < 1.29 is 14.4 Å². The molecular weight excluding hydrogens is 380 g/mol. The van der Waals surface area contributed by atoms with Crippen molar-refractivity contribution in [2.75, 3.05) is 26.7 Å². The molecular formula is C23H32N4O3. The second-order valence-electron chi connectivity index (χ2n) is 9.42. The summed E-state index contributed by atoms with van der Waals surface area (Å²) in [5.74, 6) is 0.267. The van der Waals surface area contributed by atoms with Crippen LogP contribution in [0.25, 0.3) is 0 Å². The quantitative estimate of drug-likeness (QED) is 0.798. The lowest BCUT2D eigenvalue weighted by atomic mass is 9.74. The van der Waals surface area contributed by atoms with E-state index >= 15 is 0 Å². The van der Waals surface area contributed by atoms with E-state index < -0.39 is 0 Å². The number of carbonyl (C=O) groups is 2. The van der Waals surface area contributed by atoms with Gasteiger partial charge in [0.1, 0.15) is 0 Å². The summed E-state index contributed by atoms with van der Waals surface area (Å²) in [6.45, 7) is 2.85. The summed E-state index contributed by atoms with van der Waals surface area (Å²) in [4.78, 5) is 32.9. The Bertz CT molecular complexity index is 816. The van der Waals surface area contributed by atoms with Gasteiger partial charge >= 0.3 is 12.0 Å². The highest BCUT2D eigenvalue weighted by Gasteiger charge is 2.46. The van der Waals surface area contributed by atoms with Crippen LogP contribution in [-0.2, 0) is 16.2 Å². The lowest BCUT2D eigenvalue weighted by Crippen LogP contribution is -2.45. The molecule has 1 spiro atoms. The fourth-order valence-electron chi connectivity index (χ4n) is 5.86. The van der Waals surface area contributed by atoms with Crippen molar-refractivity contribution in [1.29, 1.82) is 0 Å². The molecule has 0 radical (unpaired) electrons. The van der Waals surface area contributed by atoms with Gasteiger partial charge < -0.3 is 20.4 Å². The first-order valence-corrected chi connectivity index (χ1v) is 11.4. The fourth-order valence-corrected chi connectivity index (χ4v) is 5.86. The number of urea groups is 1. The van der Waals surface area contributed by atoms with Crippen molar-refractivity contribution in [2.45, 2.75) is 56.7 Å². The number of carbonyl (C=O) groups excluding carboxylic acids is 2. The highest BCUT2D eigenvalue weighted by molar-refractivity contribution is 5.75. The first-order chi connectivity index (χ1) is 14.6. The van der Waals surface area contributed by atoms with E-state index in [0.29, 0.717) is 12.5 Å². The maximum atomic E-state index is 12.7. The van der Waals surface area contributed by atoms with Crippen LogP contribution in [0.4, 0.5) is 4.79 Å². The maximum absolute atomic E-state index is 12.7. The van der Waals surface area contributed by atoms with Crippen LogP contribution >= 0.6 is 0 Å². The van der Waals surface area contributed by atoms with Crippen molar-refractivity contribution in [2.24, 2.45) is 11.8 Å². The van der Waals surface area contributed by atoms with E-state index in [1.54, 1.807) is 7.05 Å². The third-order valence-corrected chi connectivity index (χ3v) is 7.69. The highest BCUT2D eigenvalue weighted by Crippen LogP contribution is 2.43. The summed E-state index contributed by atoms with van der Waals surface area (Å²) in [5.41, 5.74) is 2.72. The van der Waals surface area contributed by atoms with Gasteiger partial charge in [-0.25, -0.2) is 4.79 Å². The van der Waals surface area contributed by atoms with E-state index in [9.17, 15) is 9.59 Å². The summed E-state index contributed by atoms with van der Waals surface area (Å²) in [6.07, 6.45) is 6.38. The number of fused-ring (bicyclic) bond motifs is 1. The monoisotopic (exact) mass is 412 g/mol. The van der Waals surface area contributed by atoms with Crippen molar-refractivity contribution >= 4 is 12.0 Å². The number of rotatable bonds is 3. The van der Waals surface area contributed by atoms with Crippen LogP contribution in [0.5, 0.6) is 0 Å². The molecule has 2 amide bonds. The van der Waals surface area contributed by atoms with Crippen molar-refractivity contribution in [1.82, 2.24) is 20.6 Å². The minimum absolute atomic E-state index is 0.0199. The molecule has 3 fully saturated rings. The third kappa shape index (κ3) is 3.48. The topological polar surface area (TPSA) is 73.9 Å². The summed E-state index contributed by atoms with van der Waals surface area (Å²) < 4.78 is 0. The molecule has 4 aliphatic rings. The number of hydrogen-bond acceptors (Lipinski definition) is 5. The molecule has 162 valence electrons. The predicted molar refractivity (Wildman–Crippen MR) is 112 cm³/mol. The Morgan fingerprint density at radius 1 is 1.20 bits per heavy atom. The van der Waals surface area contributed by atoms with Gasteiger partial charge in [-0.15, -0.1) is 5.06 Å². The molecule has 1 aromatic rings. The van der Waals surface area contributed by atoms with E-state index in [1.807, 2.05) is 16.0 Å². The van der Waals surface area contributed by atoms with Gasteiger partial charge in [-0.3, -0.25) is 4.79 Å². The van der Waals surface area contributed by atoms with Crippen LogP contribution in [-0.4, -0.2) is 54.2 Å². The lowest BCUT2D eigenvalue weighted by molar-refractivity contribution is -0.202. The fraction of sp³-hybridized carbons (Fsp3) is 0.652. The van der Waals surface area contributed by atoms with E-state index in [-0.39, 0.29) is 29.5 Å². The van der Waals surface area contributed by atoms with Gasteiger partial charge in [0.25, 0.3) is 0 Å². The molecule has 2 N–H and O–H groups in total. The molecule has 7 heteroatoms. The van der Waals surface area contributed by atoms with Crippen LogP contribution in [0.15, 0.2) is 24.3 Å². The maximum Gasteiger partial charge on any atom is 0.329 e. The van der Waals surface area contributed by atoms with Gasteiger partial charge in [-0.05, 0) is 55.6 Å². The minimum atomic E-state index is -0.0806. The summed E-state index contributed by atoms with van der Waals surface area (Å²) in [7, 11) is 1.69. The zero-order valence-corrected chi connectivity index (χ0v) is 17.7. The lowest BCUT2D eigenvalue weighted by Gasteiger charge is -2.39. The average molecular weight is 413 g/mol. The molecule has 3 aliphatic heterocycles. The number of piperidine rings is 1. The molecule has 0 bridgehead atoms. The van der Waals surface area contributed by atoms with Crippen molar-refractivity contribution in [3.63, 3.8) is 0 Å². The Morgan fingerprint density at radius 3 is 2.63 bits per heavy atom. The Balaban J connectivity index is 1.19. The zero-order valence-electron chi connectivity index (χ0n) is 17.7. The van der Waals surface area contributed by atoms with Gasteiger partial charge in [-0.1, -0.05) is 24.3 Å². The van der Waals surface area contributed by atoms with Crippen LogP contribution in [0.2, 0.25) is 0 Å². The van der Waals surface area contributed by atoms with E-state index in [2.05, 4.69) is 28.8 Å². The summed E-state index contributed by atoms with van der Waals surface area (Å²) >= 11 is 0. The Morgan fingerprint density at radius 2 is 1.97 bits per heavy atom.